The summed E-state index contributed by atoms with van der Waals surface area (Å²) in [7, 11) is 1.54. The number of carbonyl (C=O) groups excluding carboxylic acids is 1. The van der Waals surface area contributed by atoms with Crippen LogP contribution in [0, 0.1) is 11.3 Å². The van der Waals surface area contributed by atoms with Gasteiger partial charge in [-0.05, 0) is 32.9 Å². The Bertz CT molecular complexity index is 874. The van der Waals surface area contributed by atoms with Crippen LogP contribution in [0.25, 0.3) is 11.3 Å². The molecule has 0 N–H and O–H groups in total. The highest BCUT2D eigenvalue weighted by Crippen LogP contribution is 2.27. The second-order valence-electron chi connectivity index (χ2n) is 7.16. The molecule has 1 aromatic heterocycles. The maximum absolute atomic E-state index is 12.3. The molecule has 1 aromatic carbocycles. The summed E-state index contributed by atoms with van der Waals surface area (Å²) in [5, 5.41) is 9.11. The Balaban J connectivity index is 1.82. The minimum absolute atomic E-state index is 0.326. The summed E-state index contributed by atoms with van der Waals surface area (Å²) in [6.07, 6.45) is 1.64. The van der Waals surface area contributed by atoms with Crippen LogP contribution in [-0.2, 0) is 17.8 Å². The summed E-state index contributed by atoms with van der Waals surface area (Å²) in [4.78, 5) is 18.6. The molecule has 0 unspecified atom stereocenters. The van der Waals surface area contributed by atoms with Crippen LogP contribution in [0.15, 0.2) is 24.4 Å². The van der Waals surface area contributed by atoms with Crippen molar-refractivity contribution in [1.82, 2.24) is 14.5 Å². The molecule has 1 aliphatic heterocycles. The van der Waals surface area contributed by atoms with E-state index in [4.69, 9.17) is 14.7 Å². The molecule has 136 valence electrons. The summed E-state index contributed by atoms with van der Waals surface area (Å²) in [5.41, 5.74) is 1.62. The number of hydrogen-bond acceptors (Lipinski definition) is 5. The van der Waals surface area contributed by atoms with Gasteiger partial charge in [0, 0.05) is 24.8 Å². The molecule has 2 aromatic rings. The van der Waals surface area contributed by atoms with Gasteiger partial charge in [-0.15, -0.1) is 0 Å². The van der Waals surface area contributed by atoms with Gasteiger partial charge in [0.05, 0.1) is 24.9 Å². The Morgan fingerprint density at radius 3 is 2.73 bits per heavy atom. The Hall–Kier alpha value is -3.01. The van der Waals surface area contributed by atoms with Crippen LogP contribution in [0.1, 0.15) is 32.2 Å². The summed E-state index contributed by atoms with van der Waals surface area (Å²) in [6, 6.07) is 7.48. The quantitative estimate of drug-likeness (QED) is 0.827. The summed E-state index contributed by atoms with van der Waals surface area (Å²) in [6.45, 7) is 7.20. The van der Waals surface area contributed by atoms with Gasteiger partial charge in [-0.2, -0.15) is 5.26 Å². The third-order valence-electron chi connectivity index (χ3n) is 4.07. The molecule has 0 bridgehead atoms. The number of nitrogens with zero attached hydrogens (tertiary/aromatic N) is 4. The van der Waals surface area contributed by atoms with E-state index in [9.17, 15) is 4.79 Å². The van der Waals surface area contributed by atoms with Crippen LogP contribution in [0.3, 0.4) is 0 Å². The smallest absolute Gasteiger partial charge is 0.410 e. The van der Waals surface area contributed by atoms with E-state index in [1.54, 1.807) is 17.0 Å². The number of carbonyl (C=O) groups is 1. The first-order valence-electron chi connectivity index (χ1n) is 8.43. The SMILES string of the molecule is COc1cc(-c2cn3c(n2)CN(C(=O)OC(C)(C)C)CC3)ccc1C#N. The monoisotopic (exact) mass is 354 g/mol. The number of hydrogen-bond donors (Lipinski definition) is 0. The van der Waals surface area contributed by atoms with Crippen LogP contribution in [0.2, 0.25) is 0 Å². The molecule has 3 rings (SSSR count). The zero-order chi connectivity index (χ0) is 18.9. The van der Waals surface area contributed by atoms with Gasteiger partial charge in [0.15, 0.2) is 0 Å². The van der Waals surface area contributed by atoms with Crippen LogP contribution < -0.4 is 4.74 Å². The predicted octanol–water partition coefficient (Wildman–Crippen LogP) is 3.18. The molecule has 7 heteroatoms. The standard InChI is InChI=1S/C19H22N4O3/c1-19(2,3)26-18(24)23-8-7-22-11-15(21-17(22)12-23)13-5-6-14(10-20)16(9-13)25-4/h5-6,9,11H,7-8,12H2,1-4H3. The number of fused-ring (bicyclic) bond motifs is 1. The molecule has 0 aliphatic carbocycles. The zero-order valence-electron chi connectivity index (χ0n) is 15.4. The fourth-order valence-corrected chi connectivity index (χ4v) is 2.82. The molecule has 0 fully saturated rings. The van der Waals surface area contributed by atoms with Gasteiger partial charge in [0.2, 0.25) is 0 Å². The number of ether oxygens (including phenoxy) is 2. The molecule has 0 spiro atoms. The average molecular weight is 354 g/mol. The minimum Gasteiger partial charge on any atom is -0.495 e. The molecule has 0 atom stereocenters. The minimum atomic E-state index is -0.520. The summed E-state index contributed by atoms with van der Waals surface area (Å²) in [5.74, 6) is 1.33. The summed E-state index contributed by atoms with van der Waals surface area (Å²) >= 11 is 0. The molecule has 0 radical (unpaired) electrons. The third-order valence-corrected chi connectivity index (χ3v) is 4.07. The van der Waals surface area contributed by atoms with E-state index in [0.29, 0.717) is 30.9 Å². The second kappa shape index (κ2) is 6.71. The lowest BCUT2D eigenvalue weighted by molar-refractivity contribution is 0.0195. The van der Waals surface area contributed by atoms with E-state index in [1.807, 2.05) is 37.6 Å². The van der Waals surface area contributed by atoms with Crippen LogP contribution in [0.5, 0.6) is 5.75 Å². The van der Waals surface area contributed by atoms with E-state index < -0.39 is 5.60 Å². The molecular formula is C19H22N4O3. The zero-order valence-corrected chi connectivity index (χ0v) is 15.4. The van der Waals surface area contributed by atoms with Gasteiger partial charge in [0.25, 0.3) is 0 Å². The fourth-order valence-electron chi connectivity index (χ4n) is 2.82. The highest BCUT2D eigenvalue weighted by Gasteiger charge is 2.27. The van der Waals surface area contributed by atoms with Crippen LogP contribution >= 0.6 is 0 Å². The second-order valence-corrected chi connectivity index (χ2v) is 7.16. The number of nitriles is 1. The van der Waals surface area contributed by atoms with Gasteiger partial charge < -0.3 is 14.0 Å². The number of amides is 1. The van der Waals surface area contributed by atoms with Crippen molar-refractivity contribution in [2.75, 3.05) is 13.7 Å². The van der Waals surface area contributed by atoms with Gasteiger partial charge in [-0.25, -0.2) is 9.78 Å². The van der Waals surface area contributed by atoms with E-state index in [-0.39, 0.29) is 6.09 Å². The lowest BCUT2D eigenvalue weighted by Crippen LogP contribution is -2.41. The van der Waals surface area contributed by atoms with Crippen molar-refractivity contribution in [2.45, 2.75) is 39.5 Å². The first-order chi connectivity index (χ1) is 12.3. The number of aromatic nitrogens is 2. The Morgan fingerprint density at radius 2 is 2.08 bits per heavy atom. The van der Waals surface area contributed by atoms with Crippen molar-refractivity contribution >= 4 is 6.09 Å². The third kappa shape index (κ3) is 3.64. The maximum Gasteiger partial charge on any atom is 0.410 e. The van der Waals surface area contributed by atoms with Crippen molar-refractivity contribution in [2.24, 2.45) is 0 Å². The van der Waals surface area contributed by atoms with Crippen molar-refractivity contribution in [1.29, 1.82) is 5.26 Å². The van der Waals surface area contributed by atoms with Gasteiger partial charge in [-0.1, -0.05) is 6.07 Å². The first-order valence-corrected chi connectivity index (χ1v) is 8.43. The normalized spacial score (nSPS) is 13.7. The van der Waals surface area contributed by atoms with Gasteiger partial charge in [-0.3, -0.25) is 4.90 Å². The van der Waals surface area contributed by atoms with E-state index in [1.165, 1.54) is 7.11 Å². The topological polar surface area (TPSA) is 80.4 Å². The lowest BCUT2D eigenvalue weighted by Gasteiger charge is -2.30. The Morgan fingerprint density at radius 1 is 1.31 bits per heavy atom. The molecule has 7 nitrogen and oxygen atoms in total. The van der Waals surface area contributed by atoms with E-state index in [2.05, 4.69) is 11.1 Å². The predicted molar refractivity (Wildman–Crippen MR) is 95.6 cm³/mol. The van der Waals surface area contributed by atoms with Crippen molar-refractivity contribution < 1.29 is 14.3 Å². The van der Waals surface area contributed by atoms with E-state index >= 15 is 0 Å². The highest BCUT2D eigenvalue weighted by atomic mass is 16.6. The molecule has 0 saturated carbocycles. The van der Waals surface area contributed by atoms with Gasteiger partial charge >= 0.3 is 6.09 Å². The largest absolute Gasteiger partial charge is 0.495 e. The molecule has 1 aliphatic rings. The number of rotatable bonds is 2. The van der Waals surface area contributed by atoms with Crippen LogP contribution in [0.4, 0.5) is 4.79 Å². The summed E-state index contributed by atoms with van der Waals surface area (Å²) < 4.78 is 12.8. The molecule has 1 amide bonds. The molecular weight excluding hydrogens is 332 g/mol. The molecule has 26 heavy (non-hydrogen) atoms. The Labute approximate surface area is 152 Å². The lowest BCUT2D eigenvalue weighted by atomic mass is 10.1. The number of methoxy groups -OCH3 is 1. The molecule has 0 saturated heterocycles. The van der Waals surface area contributed by atoms with Crippen LogP contribution in [-0.4, -0.2) is 39.8 Å². The number of imidazole rings is 1. The average Bonchev–Trinajstić information content (AvgIpc) is 3.02. The fraction of sp³-hybridized carbons (Fsp3) is 0.421. The Kier molecular flexibility index (Phi) is 4.60. The van der Waals surface area contributed by atoms with Crippen molar-refractivity contribution in [3.63, 3.8) is 0 Å². The maximum atomic E-state index is 12.3. The van der Waals surface area contributed by atoms with Gasteiger partial charge in [0.1, 0.15) is 23.2 Å². The highest BCUT2D eigenvalue weighted by molar-refractivity contribution is 5.68. The van der Waals surface area contributed by atoms with Crippen molar-refractivity contribution in [3.05, 3.63) is 35.8 Å². The first kappa shape index (κ1) is 17.8. The van der Waals surface area contributed by atoms with E-state index in [0.717, 1.165) is 17.1 Å². The van der Waals surface area contributed by atoms with Crippen molar-refractivity contribution in [3.8, 4) is 23.1 Å². The molecule has 2 heterocycles. The number of benzene rings is 1.